The maximum atomic E-state index is 13.1. The van der Waals surface area contributed by atoms with Gasteiger partial charge in [0.1, 0.15) is 0 Å². The fraction of sp³-hybridized carbons (Fsp3) is 0.333. The van der Waals surface area contributed by atoms with Crippen molar-refractivity contribution in [1.29, 1.82) is 0 Å². The van der Waals surface area contributed by atoms with Crippen LogP contribution in [0.15, 0.2) is 75.4 Å². The van der Waals surface area contributed by atoms with E-state index < -0.39 is 10.0 Å². The number of benzene rings is 2. The fourth-order valence-corrected chi connectivity index (χ4v) is 5.76. The zero-order chi connectivity index (χ0) is 26.0. The summed E-state index contributed by atoms with van der Waals surface area (Å²) >= 11 is 1.01. The highest BCUT2D eigenvalue weighted by atomic mass is 32.2. The Morgan fingerprint density at radius 3 is 2.50 bits per heavy atom. The van der Waals surface area contributed by atoms with Crippen LogP contribution in [0.1, 0.15) is 44.6 Å². The van der Waals surface area contributed by atoms with E-state index in [2.05, 4.69) is 17.9 Å². The van der Waals surface area contributed by atoms with E-state index in [0.29, 0.717) is 23.0 Å². The summed E-state index contributed by atoms with van der Waals surface area (Å²) in [4.78, 5) is 14.8. The number of sulfonamides is 1. The predicted octanol–water partition coefficient (Wildman–Crippen LogP) is 5.89. The van der Waals surface area contributed by atoms with Gasteiger partial charge in [0.25, 0.3) is 15.9 Å². The molecule has 0 radical (unpaired) electrons. The second-order valence-electron chi connectivity index (χ2n) is 8.15. The van der Waals surface area contributed by atoms with Crippen molar-refractivity contribution in [3.63, 3.8) is 0 Å². The van der Waals surface area contributed by atoms with E-state index >= 15 is 0 Å². The van der Waals surface area contributed by atoms with Gasteiger partial charge < -0.3 is 9.47 Å². The summed E-state index contributed by atoms with van der Waals surface area (Å²) < 4.78 is 40.9. The van der Waals surface area contributed by atoms with Crippen LogP contribution < -0.4 is 9.47 Å². The fourth-order valence-electron chi connectivity index (χ4n) is 3.55. The van der Waals surface area contributed by atoms with Crippen molar-refractivity contribution >= 4 is 38.9 Å². The number of carbonyl (C=O) groups is 1. The molecule has 192 valence electrons. The number of unbranched alkanes of at least 4 members (excludes halogenated alkanes) is 4. The number of rotatable bonds is 13. The molecule has 1 aliphatic rings. The Labute approximate surface area is 218 Å². The van der Waals surface area contributed by atoms with Gasteiger partial charge in [0.05, 0.1) is 23.5 Å². The first-order valence-electron chi connectivity index (χ1n) is 11.9. The normalized spacial score (nSPS) is 16.1. The average Bonchev–Trinajstić information content (AvgIpc) is 3.15. The van der Waals surface area contributed by atoms with Gasteiger partial charge in [-0.25, -0.2) is 0 Å². The number of amidine groups is 1. The van der Waals surface area contributed by atoms with E-state index in [-0.39, 0.29) is 22.5 Å². The number of carbonyl (C=O) groups excluding carboxylic acids is 1. The Hall–Kier alpha value is -3.04. The largest absolute Gasteiger partial charge is 0.493 e. The van der Waals surface area contributed by atoms with E-state index in [9.17, 15) is 13.2 Å². The number of methoxy groups -OCH3 is 1. The first kappa shape index (κ1) is 27.5. The summed E-state index contributed by atoms with van der Waals surface area (Å²) in [5.41, 5.74) is 0.726. The molecule has 0 spiro atoms. The topological polar surface area (TPSA) is 85.3 Å². The van der Waals surface area contributed by atoms with Gasteiger partial charge in [-0.15, -0.1) is 11.0 Å². The molecule has 3 rings (SSSR count). The molecule has 0 N–H and O–H groups in total. The maximum Gasteiger partial charge on any atom is 0.284 e. The van der Waals surface area contributed by atoms with E-state index in [0.717, 1.165) is 30.2 Å². The molecule has 1 heterocycles. The first-order valence-corrected chi connectivity index (χ1v) is 14.2. The third kappa shape index (κ3) is 7.24. The van der Waals surface area contributed by atoms with Gasteiger partial charge >= 0.3 is 0 Å². The smallest absolute Gasteiger partial charge is 0.284 e. The van der Waals surface area contributed by atoms with Crippen LogP contribution in [-0.2, 0) is 14.8 Å². The standard InChI is InChI=1S/C27H32N2O5S2/c1-4-6-7-8-12-18-34-23-16-15-21(19-24(23)33-3)20-25-26(30)29(17-5-2)27(35-25)28-36(31,32)22-13-10-9-11-14-22/h5,9-11,13-16,19-20H,2,4,6-8,12,17-18H2,1,3H3/b25-20-,28-27?. The summed E-state index contributed by atoms with van der Waals surface area (Å²) in [6.45, 7) is 6.62. The van der Waals surface area contributed by atoms with Crippen molar-refractivity contribution in [3.05, 3.63) is 71.7 Å². The van der Waals surface area contributed by atoms with Gasteiger partial charge in [0.15, 0.2) is 16.7 Å². The molecule has 1 saturated heterocycles. The highest BCUT2D eigenvalue weighted by Crippen LogP contribution is 2.35. The number of ether oxygens (including phenoxy) is 2. The van der Waals surface area contributed by atoms with E-state index in [1.807, 2.05) is 12.1 Å². The summed E-state index contributed by atoms with van der Waals surface area (Å²) in [5, 5.41) is 0.0880. The molecule has 9 heteroatoms. The SMILES string of the molecule is C=CCN1C(=O)/C(=C/c2ccc(OCCCCCCC)c(OC)c2)SC1=NS(=O)(=O)c1ccccc1. The minimum absolute atomic E-state index is 0.0622. The molecule has 0 unspecified atom stereocenters. The highest BCUT2D eigenvalue weighted by Gasteiger charge is 2.34. The first-order chi connectivity index (χ1) is 17.4. The van der Waals surface area contributed by atoms with Gasteiger partial charge in [-0.05, 0) is 54.1 Å². The molecule has 36 heavy (non-hydrogen) atoms. The molecule has 0 atom stereocenters. The van der Waals surface area contributed by atoms with Crippen molar-refractivity contribution in [2.45, 2.75) is 43.9 Å². The van der Waals surface area contributed by atoms with E-state index in [1.165, 1.54) is 42.4 Å². The van der Waals surface area contributed by atoms with Crippen LogP contribution in [0, 0.1) is 0 Å². The highest BCUT2D eigenvalue weighted by molar-refractivity contribution is 8.19. The lowest BCUT2D eigenvalue weighted by molar-refractivity contribution is -0.121. The number of hydrogen-bond donors (Lipinski definition) is 0. The lowest BCUT2D eigenvalue weighted by Gasteiger charge is -2.12. The van der Waals surface area contributed by atoms with Crippen molar-refractivity contribution in [1.82, 2.24) is 4.90 Å². The Morgan fingerprint density at radius 2 is 1.81 bits per heavy atom. The number of amides is 1. The van der Waals surface area contributed by atoms with E-state index in [1.54, 1.807) is 37.5 Å². The van der Waals surface area contributed by atoms with Gasteiger partial charge in [-0.1, -0.05) is 62.9 Å². The zero-order valence-corrected chi connectivity index (χ0v) is 22.3. The molecule has 0 aliphatic carbocycles. The van der Waals surface area contributed by atoms with Crippen molar-refractivity contribution in [2.75, 3.05) is 20.3 Å². The third-order valence-corrected chi connectivity index (χ3v) is 7.83. The second-order valence-corrected chi connectivity index (χ2v) is 10.8. The molecule has 0 aromatic heterocycles. The van der Waals surface area contributed by atoms with E-state index in [4.69, 9.17) is 9.47 Å². The van der Waals surface area contributed by atoms with Gasteiger partial charge in [0.2, 0.25) is 0 Å². The molecule has 2 aromatic rings. The van der Waals surface area contributed by atoms with Crippen LogP contribution in [0.2, 0.25) is 0 Å². The van der Waals surface area contributed by atoms with Crippen molar-refractivity contribution < 1.29 is 22.7 Å². The van der Waals surface area contributed by atoms with Crippen LogP contribution in [0.25, 0.3) is 6.08 Å². The number of hydrogen-bond acceptors (Lipinski definition) is 6. The maximum absolute atomic E-state index is 13.1. The minimum atomic E-state index is -3.97. The Morgan fingerprint density at radius 1 is 1.06 bits per heavy atom. The molecule has 2 aromatic carbocycles. The van der Waals surface area contributed by atoms with Crippen LogP contribution in [0.4, 0.5) is 0 Å². The van der Waals surface area contributed by atoms with Gasteiger partial charge in [0, 0.05) is 6.54 Å². The summed E-state index contributed by atoms with van der Waals surface area (Å²) in [6, 6.07) is 13.4. The molecule has 1 fully saturated rings. The second kappa shape index (κ2) is 13.3. The summed E-state index contributed by atoms with van der Waals surface area (Å²) in [6.07, 6.45) is 8.97. The van der Waals surface area contributed by atoms with Gasteiger partial charge in [-0.3, -0.25) is 9.69 Å². The van der Waals surface area contributed by atoms with Crippen LogP contribution >= 0.6 is 11.8 Å². The summed E-state index contributed by atoms with van der Waals surface area (Å²) in [7, 11) is -2.40. The van der Waals surface area contributed by atoms with Crippen LogP contribution in [0.5, 0.6) is 11.5 Å². The summed E-state index contributed by atoms with van der Waals surface area (Å²) in [5.74, 6) is 0.871. The van der Waals surface area contributed by atoms with Crippen LogP contribution in [-0.4, -0.2) is 44.7 Å². The zero-order valence-electron chi connectivity index (χ0n) is 20.7. The minimum Gasteiger partial charge on any atom is -0.493 e. The monoisotopic (exact) mass is 528 g/mol. The van der Waals surface area contributed by atoms with Crippen LogP contribution in [0.3, 0.4) is 0 Å². The van der Waals surface area contributed by atoms with Crippen molar-refractivity contribution in [2.24, 2.45) is 4.40 Å². The molecular formula is C27H32N2O5S2. The quantitative estimate of drug-likeness (QED) is 0.183. The molecule has 0 saturated carbocycles. The molecule has 7 nitrogen and oxygen atoms in total. The Kier molecular flexibility index (Phi) is 10.2. The molecule has 0 bridgehead atoms. The molecule has 1 aliphatic heterocycles. The lowest BCUT2D eigenvalue weighted by atomic mass is 10.1. The van der Waals surface area contributed by atoms with Gasteiger partial charge in [-0.2, -0.15) is 8.42 Å². The Balaban J connectivity index is 1.80. The number of nitrogens with zero attached hydrogens (tertiary/aromatic N) is 2. The number of thioether (sulfide) groups is 1. The average molecular weight is 529 g/mol. The van der Waals surface area contributed by atoms with Crippen molar-refractivity contribution in [3.8, 4) is 11.5 Å². The molecular weight excluding hydrogens is 496 g/mol. The third-order valence-electron chi connectivity index (χ3n) is 5.43. The predicted molar refractivity (Wildman–Crippen MR) is 146 cm³/mol. The molecule has 1 amide bonds. The Bertz CT molecular complexity index is 1220. The lowest BCUT2D eigenvalue weighted by Crippen LogP contribution is -2.29.